The largest absolute Gasteiger partial charge is 0.493 e. The monoisotopic (exact) mass is 484 g/mol. The lowest BCUT2D eigenvalue weighted by molar-refractivity contribution is -0.114. The molecule has 34 heavy (non-hydrogen) atoms. The molecule has 0 unspecified atom stereocenters. The second-order valence-corrected chi connectivity index (χ2v) is 8.84. The van der Waals surface area contributed by atoms with E-state index in [1.54, 1.807) is 30.3 Å². The van der Waals surface area contributed by atoms with Gasteiger partial charge in [0.25, 0.3) is 10.0 Å². The summed E-state index contributed by atoms with van der Waals surface area (Å²) in [7, 11) is -0.0181. The maximum atomic E-state index is 13.5. The Morgan fingerprint density at radius 1 is 0.853 bits per heavy atom. The summed E-state index contributed by atoms with van der Waals surface area (Å²) in [6, 6.07) is 18.5. The number of carbonyl (C=O) groups excluding carboxylic acids is 2. The Hall–Kier alpha value is -4.05. The highest BCUT2D eigenvalue weighted by Crippen LogP contribution is 2.32. The Morgan fingerprint density at radius 3 is 2.09 bits per heavy atom. The molecule has 178 valence electrons. The van der Waals surface area contributed by atoms with Crippen molar-refractivity contribution in [1.82, 2.24) is 0 Å². The molecule has 0 heterocycles. The van der Waals surface area contributed by atoms with Crippen LogP contribution >= 0.6 is 0 Å². The number of rotatable bonds is 9. The molecule has 0 radical (unpaired) electrons. The van der Waals surface area contributed by atoms with Gasteiger partial charge in [0.05, 0.1) is 37.5 Å². The second kappa shape index (κ2) is 10.7. The van der Waals surface area contributed by atoms with Crippen molar-refractivity contribution in [3.05, 3.63) is 78.4 Å². The topological polar surface area (TPSA) is 111 Å². The zero-order valence-electron chi connectivity index (χ0n) is 18.8. The van der Waals surface area contributed by atoms with Gasteiger partial charge in [0.2, 0.25) is 5.91 Å². The number of para-hydroxylation sites is 1. The van der Waals surface area contributed by atoms with E-state index in [9.17, 15) is 18.0 Å². The van der Waals surface area contributed by atoms with Crippen molar-refractivity contribution in [2.75, 3.05) is 37.5 Å². The van der Waals surface area contributed by atoms with Gasteiger partial charge in [0, 0.05) is 11.8 Å². The van der Waals surface area contributed by atoms with Crippen LogP contribution in [0.25, 0.3) is 0 Å². The van der Waals surface area contributed by atoms with Gasteiger partial charge < -0.3 is 19.5 Å². The Balaban J connectivity index is 1.90. The fourth-order valence-electron chi connectivity index (χ4n) is 3.15. The van der Waals surface area contributed by atoms with Gasteiger partial charge >= 0.3 is 5.97 Å². The van der Waals surface area contributed by atoms with E-state index in [1.807, 2.05) is 0 Å². The number of ether oxygens (including phenoxy) is 3. The number of hydrogen-bond acceptors (Lipinski definition) is 7. The van der Waals surface area contributed by atoms with Crippen molar-refractivity contribution in [3.8, 4) is 11.5 Å². The number of sulfonamides is 1. The summed E-state index contributed by atoms with van der Waals surface area (Å²) in [5.41, 5.74) is 1.03. The lowest BCUT2D eigenvalue weighted by Crippen LogP contribution is -2.38. The van der Waals surface area contributed by atoms with Crippen LogP contribution in [-0.2, 0) is 19.6 Å². The van der Waals surface area contributed by atoms with Crippen molar-refractivity contribution in [1.29, 1.82) is 0 Å². The van der Waals surface area contributed by atoms with Crippen molar-refractivity contribution < 1.29 is 32.2 Å². The summed E-state index contributed by atoms with van der Waals surface area (Å²) >= 11 is 0. The zero-order chi connectivity index (χ0) is 24.7. The van der Waals surface area contributed by atoms with Crippen molar-refractivity contribution >= 4 is 33.3 Å². The third-order valence-corrected chi connectivity index (χ3v) is 6.63. The van der Waals surface area contributed by atoms with Crippen LogP contribution in [0.2, 0.25) is 0 Å². The Labute approximate surface area is 197 Å². The third-order valence-electron chi connectivity index (χ3n) is 4.86. The van der Waals surface area contributed by atoms with Crippen LogP contribution in [0.5, 0.6) is 11.5 Å². The summed E-state index contributed by atoms with van der Waals surface area (Å²) in [6.07, 6.45) is 0. The predicted molar refractivity (Wildman–Crippen MR) is 127 cm³/mol. The lowest BCUT2D eigenvalue weighted by atomic mass is 10.2. The van der Waals surface area contributed by atoms with Gasteiger partial charge in [-0.15, -0.1) is 0 Å². The minimum absolute atomic E-state index is 0.0655. The van der Waals surface area contributed by atoms with E-state index in [0.717, 1.165) is 4.31 Å². The molecule has 0 spiro atoms. The van der Waals surface area contributed by atoms with E-state index in [-0.39, 0.29) is 10.6 Å². The summed E-state index contributed by atoms with van der Waals surface area (Å²) < 4.78 is 43.2. The average Bonchev–Trinajstić information content (AvgIpc) is 2.87. The Bertz CT molecular complexity index is 1260. The van der Waals surface area contributed by atoms with Crippen LogP contribution in [0.15, 0.2) is 77.7 Å². The van der Waals surface area contributed by atoms with Crippen LogP contribution in [-0.4, -0.2) is 48.2 Å². The molecular weight excluding hydrogens is 460 g/mol. The first-order valence-electron chi connectivity index (χ1n) is 10.1. The van der Waals surface area contributed by atoms with E-state index in [1.165, 1.54) is 63.8 Å². The van der Waals surface area contributed by atoms with E-state index in [0.29, 0.717) is 22.7 Å². The van der Waals surface area contributed by atoms with E-state index < -0.39 is 28.4 Å². The molecule has 10 heteroatoms. The number of esters is 1. The highest BCUT2D eigenvalue weighted by molar-refractivity contribution is 7.92. The van der Waals surface area contributed by atoms with Gasteiger partial charge in [-0.05, 0) is 48.5 Å². The molecule has 9 nitrogen and oxygen atoms in total. The maximum absolute atomic E-state index is 13.5. The van der Waals surface area contributed by atoms with Gasteiger partial charge in [0.1, 0.15) is 6.54 Å². The molecule has 0 aliphatic rings. The van der Waals surface area contributed by atoms with E-state index in [4.69, 9.17) is 9.47 Å². The molecule has 0 aliphatic heterocycles. The van der Waals surface area contributed by atoms with Gasteiger partial charge in [-0.2, -0.15) is 0 Å². The van der Waals surface area contributed by atoms with Gasteiger partial charge in [-0.25, -0.2) is 13.2 Å². The first-order valence-corrected chi connectivity index (χ1v) is 11.5. The number of anilines is 2. The zero-order valence-corrected chi connectivity index (χ0v) is 19.7. The van der Waals surface area contributed by atoms with E-state index >= 15 is 0 Å². The number of nitrogens with one attached hydrogen (secondary N) is 1. The quantitative estimate of drug-likeness (QED) is 0.464. The summed E-state index contributed by atoms with van der Waals surface area (Å²) in [6.45, 7) is -0.487. The fraction of sp³-hybridized carbons (Fsp3) is 0.167. The molecule has 0 bridgehead atoms. The minimum Gasteiger partial charge on any atom is -0.493 e. The van der Waals surface area contributed by atoms with Gasteiger partial charge in [0.15, 0.2) is 11.5 Å². The Morgan fingerprint density at radius 2 is 1.50 bits per heavy atom. The molecule has 0 saturated heterocycles. The first kappa shape index (κ1) is 24.6. The number of methoxy groups -OCH3 is 3. The first-order chi connectivity index (χ1) is 16.3. The molecule has 0 saturated carbocycles. The normalized spacial score (nSPS) is 10.8. The van der Waals surface area contributed by atoms with Crippen LogP contribution in [0.4, 0.5) is 11.4 Å². The summed E-state index contributed by atoms with van der Waals surface area (Å²) in [5.74, 6) is -0.458. The molecule has 0 atom stereocenters. The van der Waals surface area contributed by atoms with Crippen LogP contribution in [0.1, 0.15) is 10.4 Å². The number of hydrogen-bond donors (Lipinski definition) is 1. The number of nitrogens with zero attached hydrogens (tertiary/aromatic N) is 1. The molecule has 3 aromatic carbocycles. The molecule has 3 rings (SSSR count). The van der Waals surface area contributed by atoms with Gasteiger partial charge in [-0.3, -0.25) is 9.10 Å². The molecule has 0 aliphatic carbocycles. The van der Waals surface area contributed by atoms with Crippen LogP contribution in [0.3, 0.4) is 0 Å². The molecule has 1 N–H and O–H groups in total. The minimum atomic E-state index is -4.14. The van der Waals surface area contributed by atoms with Crippen molar-refractivity contribution in [2.24, 2.45) is 0 Å². The fourth-order valence-corrected chi connectivity index (χ4v) is 4.59. The third kappa shape index (κ3) is 5.46. The Kier molecular flexibility index (Phi) is 7.75. The van der Waals surface area contributed by atoms with Crippen LogP contribution < -0.4 is 19.1 Å². The molecular formula is C24H24N2O7S. The maximum Gasteiger partial charge on any atom is 0.337 e. The molecule has 0 aromatic heterocycles. The summed E-state index contributed by atoms with van der Waals surface area (Å²) in [5, 5.41) is 2.65. The molecule has 3 aromatic rings. The number of carbonyl (C=O) groups is 2. The lowest BCUT2D eigenvalue weighted by Gasteiger charge is -2.24. The SMILES string of the molecule is COC(=O)c1ccc(NC(=O)CN(c2ccccc2)S(=O)(=O)c2ccc(OC)c(OC)c2)cc1. The highest BCUT2D eigenvalue weighted by atomic mass is 32.2. The number of amides is 1. The van der Waals surface area contributed by atoms with Crippen LogP contribution in [0, 0.1) is 0 Å². The van der Waals surface area contributed by atoms with Crippen molar-refractivity contribution in [2.45, 2.75) is 4.90 Å². The molecule has 0 fully saturated rings. The van der Waals surface area contributed by atoms with Crippen molar-refractivity contribution in [3.63, 3.8) is 0 Å². The second-order valence-electron chi connectivity index (χ2n) is 6.98. The summed E-state index contributed by atoms with van der Waals surface area (Å²) in [4.78, 5) is 24.3. The smallest absolute Gasteiger partial charge is 0.337 e. The standard InChI is InChI=1S/C24H24N2O7S/c1-31-21-14-13-20(15-22(21)32-2)34(29,30)26(19-7-5-4-6-8-19)16-23(27)25-18-11-9-17(10-12-18)24(28)33-3/h4-15H,16H2,1-3H3,(H,25,27). The van der Waals surface area contributed by atoms with E-state index in [2.05, 4.69) is 10.1 Å². The number of benzene rings is 3. The predicted octanol–water partition coefficient (Wildman–Crippen LogP) is 3.32. The average molecular weight is 485 g/mol. The van der Waals surface area contributed by atoms with Gasteiger partial charge in [-0.1, -0.05) is 18.2 Å². The highest BCUT2D eigenvalue weighted by Gasteiger charge is 2.28. The molecule has 1 amide bonds.